The van der Waals surface area contributed by atoms with Crippen LogP contribution in [0.1, 0.15) is 37.1 Å². The average molecular weight is 468 g/mol. The van der Waals surface area contributed by atoms with E-state index >= 15 is 0 Å². The number of para-hydroxylation sites is 1. The molecule has 0 bridgehead atoms. The summed E-state index contributed by atoms with van der Waals surface area (Å²) in [5.74, 6) is -1.09. The van der Waals surface area contributed by atoms with Crippen molar-refractivity contribution in [3.63, 3.8) is 0 Å². The number of amides is 1. The van der Waals surface area contributed by atoms with Crippen molar-refractivity contribution in [1.29, 1.82) is 0 Å². The highest BCUT2D eigenvalue weighted by atomic mass is 32.2. The molecule has 1 heterocycles. The summed E-state index contributed by atoms with van der Waals surface area (Å²) in [6.07, 6.45) is -4.82. The molecule has 0 saturated carbocycles. The van der Waals surface area contributed by atoms with Crippen LogP contribution in [0.15, 0.2) is 59.6 Å². The molecule has 1 atom stereocenters. The highest BCUT2D eigenvalue weighted by Gasteiger charge is 2.54. The molecule has 2 aromatic rings. The second kappa shape index (κ2) is 8.57. The topological polar surface area (TPSA) is 76.0 Å². The van der Waals surface area contributed by atoms with E-state index in [0.717, 1.165) is 4.31 Å². The Morgan fingerprint density at radius 1 is 1.00 bits per heavy atom. The third-order valence-electron chi connectivity index (χ3n) is 4.78. The van der Waals surface area contributed by atoms with Crippen LogP contribution in [0.5, 0.6) is 5.75 Å². The maximum Gasteiger partial charge on any atom is 0.573 e. The number of rotatable bonds is 5. The molecule has 2 aromatic carbocycles. The Labute approximate surface area is 184 Å². The number of ether oxygens (including phenoxy) is 1. The van der Waals surface area contributed by atoms with Gasteiger partial charge in [0.05, 0.1) is 5.54 Å². The van der Waals surface area contributed by atoms with Gasteiger partial charge in [0.15, 0.2) is 5.25 Å². The number of nitrogens with zero attached hydrogens (tertiary/aromatic N) is 2. The molecule has 1 unspecified atom stereocenters. The first kappa shape index (κ1) is 23.8. The molecular weight excluding hydrogens is 445 g/mol. The van der Waals surface area contributed by atoms with E-state index in [9.17, 15) is 26.4 Å². The Morgan fingerprint density at radius 2 is 1.59 bits per heavy atom. The number of sulfonamides is 1. The minimum Gasteiger partial charge on any atom is -0.406 e. The third kappa shape index (κ3) is 4.95. The zero-order valence-electron chi connectivity index (χ0n) is 17.8. The van der Waals surface area contributed by atoms with Crippen molar-refractivity contribution >= 4 is 21.6 Å². The number of aliphatic imine (C=N–C) groups is 1. The smallest absolute Gasteiger partial charge is 0.406 e. The van der Waals surface area contributed by atoms with Gasteiger partial charge in [-0.1, -0.05) is 48.5 Å². The number of carbonyl (C=O) groups excluding carboxylic acids is 1. The van der Waals surface area contributed by atoms with E-state index in [1.807, 2.05) is 0 Å². The minimum atomic E-state index is -4.84. The van der Waals surface area contributed by atoms with E-state index in [1.165, 1.54) is 18.2 Å². The van der Waals surface area contributed by atoms with E-state index in [0.29, 0.717) is 5.56 Å². The monoisotopic (exact) mass is 468 g/mol. The number of halogens is 3. The molecule has 6 nitrogen and oxygen atoms in total. The first-order valence-electron chi connectivity index (χ1n) is 9.84. The van der Waals surface area contributed by atoms with Crippen molar-refractivity contribution in [2.24, 2.45) is 4.99 Å². The van der Waals surface area contributed by atoms with Gasteiger partial charge in [0.25, 0.3) is 15.9 Å². The lowest BCUT2D eigenvalue weighted by molar-refractivity contribution is -0.274. The van der Waals surface area contributed by atoms with Crippen molar-refractivity contribution in [3.8, 4) is 5.75 Å². The van der Waals surface area contributed by atoms with Gasteiger partial charge in [-0.2, -0.15) is 0 Å². The molecule has 32 heavy (non-hydrogen) atoms. The average Bonchev–Trinajstić information content (AvgIpc) is 2.87. The fourth-order valence-electron chi connectivity index (χ4n) is 3.60. The van der Waals surface area contributed by atoms with Crippen LogP contribution in [-0.2, 0) is 21.2 Å². The standard InChI is InChI=1S/C22H23F3N2O4S/c1-21(2,3)27-20(28)18(19(32(27,29)30)16-10-5-4-6-11-16)26-14-13-15-9-7-8-12-17(15)31-22(23,24)25/h4-12,19H,13-14H2,1-3H3. The second-order valence-electron chi connectivity index (χ2n) is 8.25. The highest BCUT2D eigenvalue weighted by Crippen LogP contribution is 2.38. The van der Waals surface area contributed by atoms with E-state index in [2.05, 4.69) is 9.73 Å². The van der Waals surface area contributed by atoms with Gasteiger partial charge in [-0.3, -0.25) is 9.79 Å². The molecule has 1 aliphatic rings. The number of hydrogen-bond donors (Lipinski definition) is 0. The quantitative estimate of drug-likeness (QED) is 0.657. The molecule has 1 aliphatic heterocycles. The highest BCUT2D eigenvalue weighted by molar-refractivity contribution is 7.91. The summed E-state index contributed by atoms with van der Waals surface area (Å²) in [4.78, 5) is 17.4. The molecule has 0 aliphatic carbocycles. The van der Waals surface area contributed by atoms with Crippen molar-refractivity contribution in [2.75, 3.05) is 6.54 Å². The van der Waals surface area contributed by atoms with Gasteiger partial charge in [0.1, 0.15) is 11.5 Å². The van der Waals surface area contributed by atoms with Crippen molar-refractivity contribution in [3.05, 3.63) is 65.7 Å². The van der Waals surface area contributed by atoms with Gasteiger partial charge in [-0.05, 0) is 44.4 Å². The first-order valence-corrected chi connectivity index (χ1v) is 11.3. The van der Waals surface area contributed by atoms with Crippen molar-refractivity contribution in [2.45, 2.75) is 44.3 Å². The van der Waals surface area contributed by atoms with Gasteiger partial charge in [-0.15, -0.1) is 13.2 Å². The molecule has 3 rings (SSSR count). The van der Waals surface area contributed by atoms with Crippen LogP contribution in [0, 0.1) is 0 Å². The zero-order valence-corrected chi connectivity index (χ0v) is 18.6. The summed E-state index contributed by atoms with van der Waals surface area (Å²) >= 11 is 0. The minimum absolute atomic E-state index is 0.0279. The molecule has 1 fully saturated rings. The van der Waals surface area contributed by atoms with E-state index < -0.39 is 33.1 Å². The molecular formula is C22H23F3N2O4S. The number of alkyl halides is 3. The summed E-state index contributed by atoms with van der Waals surface area (Å²) in [6.45, 7) is 4.74. The van der Waals surface area contributed by atoms with Crippen LogP contribution in [-0.4, -0.2) is 42.8 Å². The Morgan fingerprint density at radius 3 is 2.19 bits per heavy atom. The van der Waals surface area contributed by atoms with Gasteiger partial charge >= 0.3 is 6.36 Å². The summed E-state index contributed by atoms with van der Waals surface area (Å²) in [7, 11) is -4.08. The van der Waals surface area contributed by atoms with Crippen LogP contribution >= 0.6 is 0 Å². The van der Waals surface area contributed by atoms with Crippen LogP contribution in [0.3, 0.4) is 0 Å². The number of carbonyl (C=O) groups is 1. The molecule has 172 valence electrons. The Kier molecular flexibility index (Phi) is 6.37. The van der Waals surface area contributed by atoms with Crippen LogP contribution < -0.4 is 4.74 Å². The predicted octanol–water partition coefficient (Wildman–Crippen LogP) is 4.28. The fraction of sp³-hybridized carbons (Fsp3) is 0.364. The predicted molar refractivity (Wildman–Crippen MR) is 114 cm³/mol. The third-order valence-corrected chi connectivity index (χ3v) is 7.09. The summed E-state index contributed by atoms with van der Waals surface area (Å²) in [6, 6.07) is 13.9. The molecule has 0 aromatic heterocycles. The van der Waals surface area contributed by atoms with E-state index in [4.69, 9.17) is 0 Å². The molecule has 0 spiro atoms. The Hall–Kier alpha value is -2.88. The maximum absolute atomic E-state index is 13.3. The molecule has 0 N–H and O–H groups in total. The van der Waals surface area contributed by atoms with Gasteiger partial charge in [0.2, 0.25) is 0 Å². The lowest BCUT2D eigenvalue weighted by atomic mass is 10.0. The molecule has 10 heteroatoms. The van der Waals surface area contributed by atoms with Crippen molar-refractivity contribution < 1.29 is 31.1 Å². The van der Waals surface area contributed by atoms with E-state index in [-0.39, 0.29) is 30.0 Å². The molecule has 1 amide bonds. The maximum atomic E-state index is 13.3. The fourth-order valence-corrected chi connectivity index (χ4v) is 5.86. The summed E-state index contributed by atoms with van der Waals surface area (Å²) in [5, 5.41) is -1.28. The summed E-state index contributed by atoms with van der Waals surface area (Å²) < 4.78 is 69.4. The lowest BCUT2D eigenvalue weighted by Crippen LogP contribution is -2.45. The second-order valence-corrected chi connectivity index (χ2v) is 10.1. The zero-order chi connectivity index (χ0) is 23.7. The van der Waals surface area contributed by atoms with E-state index in [1.54, 1.807) is 57.2 Å². The molecule has 1 saturated heterocycles. The Balaban J connectivity index is 1.96. The Bertz CT molecular complexity index is 1120. The SMILES string of the molecule is CC(C)(C)N1C(=O)C(=NCCc2ccccc2OC(F)(F)F)C(c2ccccc2)S1(=O)=O. The molecule has 0 radical (unpaired) electrons. The first-order chi connectivity index (χ1) is 14.8. The van der Waals surface area contributed by atoms with Crippen molar-refractivity contribution in [1.82, 2.24) is 4.31 Å². The van der Waals surface area contributed by atoms with Gasteiger partial charge in [-0.25, -0.2) is 12.7 Å². The number of hydrogen-bond acceptors (Lipinski definition) is 5. The van der Waals surface area contributed by atoms with Crippen LogP contribution in [0.2, 0.25) is 0 Å². The lowest BCUT2D eigenvalue weighted by Gasteiger charge is -2.30. The van der Waals surface area contributed by atoms with Gasteiger partial charge in [0, 0.05) is 6.54 Å². The van der Waals surface area contributed by atoms with Crippen LogP contribution in [0.25, 0.3) is 0 Å². The normalized spacial score (nSPS) is 20.1. The van der Waals surface area contributed by atoms with Crippen LogP contribution in [0.4, 0.5) is 13.2 Å². The van der Waals surface area contributed by atoms with Gasteiger partial charge < -0.3 is 4.74 Å². The largest absolute Gasteiger partial charge is 0.573 e. The summed E-state index contributed by atoms with van der Waals surface area (Å²) in [5.41, 5.74) is -0.521. The number of benzene rings is 2.